The molecule has 0 spiro atoms. The van der Waals surface area contributed by atoms with Crippen molar-refractivity contribution in [1.29, 1.82) is 0 Å². The van der Waals surface area contributed by atoms with E-state index >= 15 is 0 Å². The Morgan fingerprint density at radius 3 is 2.25 bits per heavy atom. The Morgan fingerprint density at radius 1 is 1.17 bits per heavy atom. The Morgan fingerprint density at radius 2 is 1.75 bits per heavy atom. The van der Waals surface area contributed by atoms with Crippen LogP contribution in [-0.2, 0) is 15.0 Å². The van der Waals surface area contributed by atoms with Crippen LogP contribution in [0.2, 0.25) is 0 Å². The molecule has 1 aromatic carbocycles. The summed E-state index contributed by atoms with van der Waals surface area (Å²) < 4.78 is 37.2. The first kappa shape index (κ1) is 17.3. The quantitative estimate of drug-likeness (QED) is 0.774. The van der Waals surface area contributed by atoms with E-state index in [0.29, 0.717) is 18.7 Å². The van der Waals surface area contributed by atoms with Gasteiger partial charge in [-0.15, -0.1) is 0 Å². The van der Waals surface area contributed by atoms with Crippen LogP contribution in [0.25, 0.3) is 0 Å². The first-order valence-electron chi connectivity index (χ1n) is 7.92. The van der Waals surface area contributed by atoms with Crippen molar-refractivity contribution < 1.29 is 17.6 Å². The van der Waals surface area contributed by atoms with E-state index in [2.05, 4.69) is 5.32 Å². The lowest BCUT2D eigenvalue weighted by Gasteiger charge is -2.37. The lowest BCUT2D eigenvalue weighted by Crippen LogP contribution is -2.53. The fourth-order valence-corrected chi connectivity index (χ4v) is 3.57. The van der Waals surface area contributed by atoms with Gasteiger partial charge in [0.05, 0.1) is 0 Å². The summed E-state index contributed by atoms with van der Waals surface area (Å²) in [6, 6.07) is 5.50. The molecule has 2 fully saturated rings. The molecule has 24 heavy (non-hydrogen) atoms. The summed E-state index contributed by atoms with van der Waals surface area (Å²) >= 11 is 0. The van der Waals surface area contributed by atoms with Crippen molar-refractivity contribution in [2.24, 2.45) is 5.14 Å². The molecule has 132 valence electrons. The second kappa shape index (κ2) is 6.75. The maximum absolute atomic E-state index is 13.2. The molecule has 1 saturated carbocycles. The molecule has 0 bridgehead atoms. The van der Waals surface area contributed by atoms with Crippen LogP contribution in [0.1, 0.15) is 24.4 Å². The van der Waals surface area contributed by atoms with E-state index in [1.54, 1.807) is 12.1 Å². The van der Waals surface area contributed by atoms with Crippen molar-refractivity contribution in [1.82, 2.24) is 14.5 Å². The molecule has 1 saturated heterocycles. The van der Waals surface area contributed by atoms with Crippen molar-refractivity contribution in [2.75, 3.05) is 26.2 Å². The molecule has 0 aromatic heterocycles. The van der Waals surface area contributed by atoms with Crippen LogP contribution in [0.5, 0.6) is 0 Å². The highest BCUT2D eigenvalue weighted by molar-refractivity contribution is 7.86. The predicted octanol–water partition coefficient (Wildman–Crippen LogP) is -0.0335. The third-order valence-electron chi connectivity index (χ3n) is 4.36. The topological polar surface area (TPSA) is 95.7 Å². The number of piperazine rings is 1. The minimum absolute atomic E-state index is 0.131. The van der Waals surface area contributed by atoms with Crippen molar-refractivity contribution >= 4 is 16.1 Å². The number of halogens is 1. The summed E-state index contributed by atoms with van der Waals surface area (Å²) in [5.74, 6) is -0.493. The number of nitrogens with zero attached hydrogens (tertiary/aromatic N) is 2. The van der Waals surface area contributed by atoms with Gasteiger partial charge in [0, 0.05) is 32.2 Å². The molecular formula is C15H21FN4O3S. The van der Waals surface area contributed by atoms with Gasteiger partial charge in [0.15, 0.2) is 0 Å². The van der Waals surface area contributed by atoms with Gasteiger partial charge in [0.2, 0.25) is 5.91 Å². The summed E-state index contributed by atoms with van der Waals surface area (Å²) in [5.41, 5.74) is 0.693. The van der Waals surface area contributed by atoms with E-state index in [-0.39, 0.29) is 30.9 Å². The highest BCUT2D eigenvalue weighted by Crippen LogP contribution is 2.26. The van der Waals surface area contributed by atoms with Crippen molar-refractivity contribution in [3.05, 3.63) is 35.6 Å². The average molecular weight is 356 g/mol. The lowest BCUT2D eigenvalue weighted by molar-refractivity contribution is -0.127. The molecule has 1 heterocycles. The molecule has 1 amide bonds. The van der Waals surface area contributed by atoms with Crippen molar-refractivity contribution in [3.63, 3.8) is 0 Å². The van der Waals surface area contributed by atoms with Crippen LogP contribution >= 0.6 is 0 Å². The van der Waals surface area contributed by atoms with Crippen LogP contribution in [0, 0.1) is 5.82 Å². The zero-order valence-corrected chi connectivity index (χ0v) is 14.0. The van der Waals surface area contributed by atoms with Gasteiger partial charge >= 0.3 is 0 Å². The van der Waals surface area contributed by atoms with Crippen LogP contribution in [0.3, 0.4) is 0 Å². The number of hydrogen-bond acceptors (Lipinski definition) is 4. The number of nitrogens with two attached hydrogens (primary N) is 1. The number of nitrogens with one attached hydrogen (secondary N) is 1. The number of carbonyl (C=O) groups is 1. The summed E-state index contributed by atoms with van der Waals surface area (Å²) in [6.07, 6.45) is 1.95. The second-order valence-corrected chi connectivity index (χ2v) is 7.76. The molecule has 3 rings (SSSR count). The third-order valence-corrected chi connectivity index (χ3v) is 5.44. The zero-order valence-electron chi connectivity index (χ0n) is 13.2. The number of hydrogen-bond donors (Lipinski definition) is 2. The number of rotatable bonds is 5. The maximum atomic E-state index is 13.2. The molecule has 7 nitrogen and oxygen atoms in total. The van der Waals surface area contributed by atoms with Gasteiger partial charge in [-0.3, -0.25) is 9.69 Å². The SMILES string of the molecule is NS(=O)(=O)N1CCN(C(C(=O)NC2CC2)c2ccc(F)cc2)CC1. The summed E-state index contributed by atoms with van der Waals surface area (Å²) in [7, 11) is -3.72. The summed E-state index contributed by atoms with van der Waals surface area (Å²) in [5, 5.41) is 8.13. The van der Waals surface area contributed by atoms with Crippen LogP contribution < -0.4 is 10.5 Å². The Hall–Kier alpha value is -1.55. The molecule has 0 radical (unpaired) electrons. The van der Waals surface area contributed by atoms with Gasteiger partial charge in [0.25, 0.3) is 10.2 Å². The number of carbonyl (C=O) groups excluding carboxylic acids is 1. The standard InChI is InChI=1S/C15H21FN4O3S/c16-12-3-1-11(2-4-12)14(15(21)18-13-5-6-13)19-7-9-20(10-8-19)24(17,22)23/h1-4,13-14H,5-10H2,(H,18,21)(H2,17,22,23). The largest absolute Gasteiger partial charge is 0.352 e. The van der Waals surface area contributed by atoms with Crippen LogP contribution in [0.4, 0.5) is 4.39 Å². The minimum atomic E-state index is -3.72. The number of amides is 1. The Kier molecular flexibility index (Phi) is 4.86. The van der Waals surface area contributed by atoms with Crippen molar-refractivity contribution in [2.45, 2.75) is 24.9 Å². The lowest BCUT2D eigenvalue weighted by atomic mass is 10.0. The summed E-state index contributed by atoms with van der Waals surface area (Å²) in [4.78, 5) is 14.6. The van der Waals surface area contributed by atoms with E-state index in [0.717, 1.165) is 12.8 Å². The van der Waals surface area contributed by atoms with Gasteiger partial charge in [-0.05, 0) is 30.5 Å². The van der Waals surface area contributed by atoms with Gasteiger partial charge in [-0.2, -0.15) is 12.7 Å². The summed E-state index contributed by atoms with van der Waals surface area (Å²) in [6.45, 7) is 1.23. The fourth-order valence-electron chi connectivity index (χ4n) is 2.90. The van der Waals surface area contributed by atoms with E-state index in [9.17, 15) is 17.6 Å². The normalized spacial score (nSPS) is 21.4. The second-order valence-electron chi connectivity index (χ2n) is 6.22. The first-order valence-corrected chi connectivity index (χ1v) is 9.42. The molecule has 1 aliphatic carbocycles. The molecule has 1 aromatic rings. The van der Waals surface area contributed by atoms with Gasteiger partial charge in [-0.25, -0.2) is 9.53 Å². The Bertz CT molecular complexity index is 698. The van der Waals surface area contributed by atoms with E-state index in [1.165, 1.54) is 16.4 Å². The van der Waals surface area contributed by atoms with Crippen LogP contribution in [0.15, 0.2) is 24.3 Å². The Labute approximate surface area is 140 Å². The van der Waals surface area contributed by atoms with E-state index < -0.39 is 16.3 Å². The van der Waals surface area contributed by atoms with Gasteiger partial charge < -0.3 is 5.32 Å². The van der Waals surface area contributed by atoms with Gasteiger partial charge in [0.1, 0.15) is 11.9 Å². The van der Waals surface area contributed by atoms with E-state index in [1.807, 2.05) is 4.90 Å². The van der Waals surface area contributed by atoms with Crippen molar-refractivity contribution in [3.8, 4) is 0 Å². The predicted molar refractivity (Wildman–Crippen MR) is 86.6 cm³/mol. The zero-order chi connectivity index (χ0) is 17.3. The third kappa shape index (κ3) is 4.10. The smallest absolute Gasteiger partial charge is 0.276 e. The first-order chi connectivity index (χ1) is 11.3. The molecule has 1 unspecified atom stereocenters. The molecule has 1 aliphatic heterocycles. The molecule has 2 aliphatic rings. The Balaban J connectivity index is 1.77. The average Bonchev–Trinajstić information content (AvgIpc) is 3.33. The molecule has 3 N–H and O–H groups in total. The molecule has 1 atom stereocenters. The molecular weight excluding hydrogens is 335 g/mol. The monoisotopic (exact) mass is 356 g/mol. The van der Waals surface area contributed by atoms with Crippen LogP contribution in [-0.4, -0.2) is 55.8 Å². The highest BCUT2D eigenvalue weighted by Gasteiger charge is 2.35. The van der Waals surface area contributed by atoms with Gasteiger partial charge in [-0.1, -0.05) is 12.1 Å². The minimum Gasteiger partial charge on any atom is -0.352 e. The molecule has 9 heteroatoms. The fraction of sp³-hybridized carbons (Fsp3) is 0.533. The number of benzene rings is 1. The maximum Gasteiger partial charge on any atom is 0.276 e. The highest BCUT2D eigenvalue weighted by atomic mass is 32.2. The van der Waals surface area contributed by atoms with E-state index in [4.69, 9.17) is 5.14 Å².